The van der Waals surface area contributed by atoms with Gasteiger partial charge in [-0.05, 0) is 36.2 Å². The average Bonchev–Trinajstić information content (AvgIpc) is 2.16. The molecule has 0 radical (unpaired) electrons. The van der Waals surface area contributed by atoms with Crippen LogP contribution in [0.4, 0.5) is 4.39 Å². The molecule has 2 aromatic rings. The first-order valence-corrected chi connectivity index (χ1v) is 5.48. The number of hydrogen-bond donors (Lipinski definition) is 0. The van der Waals surface area contributed by atoms with Crippen LogP contribution in [-0.2, 0) is 0 Å². The molecule has 2 rings (SSSR count). The zero-order valence-electron chi connectivity index (χ0n) is 8.30. The monoisotopic (exact) mass is 264 g/mol. The van der Waals surface area contributed by atoms with E-state index in [9.17, 15) is 4.39 Å². The molecular weight excluding hydrogens is 255 g/mol. The topological polar surface area (TPSA) is 0 Å². The molecule has 0 atom stereocenters. The fourth-order valence-corrected chi connectivity index (χ4v) is 2.19. The van der Waals surface area contributed by atoms with Crippen molar-refractivity contribution in [2.45, 2.75) is 6.92 Å². The molecule has 0 unspecified atom stereocenters. The van der Waals surface area contributed by atoms with Gasteiger partial charge < -0.3 is 0 Å². The molecule has 0 saturated carbocycles. The van der Waals surface area contributed by atoms with Gasteiger partial charge in [-0.1, -0.05) is 40.2 Å². The summed E-state index contributed by atoms with van der Waals surface area (Å²) in [6, 6.07) is 12.7. The van der Waals surface area contributed by atoms with Crippen LogP contribution in [0.15, 0.2) is 46.9 Å². The summed E-state index contributed by atoms with van der Waals surface area (Å²) < 4.78 is 14.5. The van der Waals surface area contributed by atoms with Crippen molar-refractivity contribution in [1.29, 1.82) is 0 Å². The molecule has 2 heteroatoms. The van der Waals surface area contributed by atoms with E-state index < -0.39 is 0 Å². The van der Waals surface area contributed by atoms with Crippen LogP contribution in [0.1, 0.15) is 5.56 Å². The van der Waals surface area contributed by atoms with E-state index in [4.69, 9.17) is 0 Å². The largest absolute Gasteiger partial charge is 0.206 e. The minimum absolute atomic E-state index is 0.185. The summed E-state index contributed by atoms with van der Waals surface area (Å²) in [5.74, 6) is -0.185. The van der Waals surface area contributed by atoms with E-state index in [0.717, 1.165) is 15.6 Å². The first-order valence-electron chi connectivity index (χ1n) is 4.69. The Hall–Kier alpha value is -1.15. The Kier molecular flexibility index (Phi) is 2.87. The number of rotatable bonds is 1. The van der Waals surface area contributed by atoms with Gasteiger partial charge in [0.1, 0.15) is 5.82 Å². The second-order valence-corrected chi connectivity index (χ2v) is 4.41. The zero-order chi connectivity index (χ0) is 10.8. The third kappa shape index (κ3) is 2.26. The number of halogens is 2. The number of aryl methyl sites for hydroxylation is 1. The summed E-state index contributed by atoms with van der Waals surface area (Å²) in [5.41, 5.74) is 2.66. The quantitative estimate of drug-likeness (QED) is 0.708. The highest BCUT2D eigenvalue weighted by Crippen LogP contribution is 2.26. The lowest BCUT2D eigenvalue weighted by Gasteiger charge is -2.05. The molecule has 0 aromatic heterocycles. The summed E-state index contributed by atoms with van der Waals surface area (Å²) in [7, 11) is 0. The molecular formula is C13H10BrF. The average molecular weight is 265 g/mol. The standard InChI is InChI=1S/C13H10BrF/c1-9-6-10(8-11(14)7-9)12-4-2-3-5-13(12)15/h2-8H,1H3. The zero-order valence-corrected chi connectivity index (χ0v) is 9.88. The summed E-state index contributed by atoms with van der Waals surface area (Å²) >= 11 is 3.41. The van der Waals surface area contributed by atoms with Crippen LogP contribution in [0, 0.1) is 12.7 Å². The van der Waals surface area contributed by atoms with Crippen LogP contribution >= 0.6 is 15.9 Å². The minimum Gasteiger partial charge on any atom is -0.206 e. The first kappa shape index (κ1) is 10.4. The Morgan fingerprint density at radius 1 is 1.07 bits per heavy atom. The summed E-state index contributed by atoms with van der Waals surface area (Å²) in [5, 5.41) is 0. The van der Waals surface area contributed by atoms with E-state index in [2.05, 4.69) is 15.9 Å². The van der Waals surface area contributed by atoms with Gasteiger partial charge in [-0.25, -0.2) is 4.39 Å². The van der Waals surface area contributed by atoms with Crippen LogP contribution in [0.2, 0.25) is 0 Å². The highest BCUT2D eigenvalue weighted by atomic mass is 79.9. The maximum Gasteiger partial charge on any atom is 0.131 e. The third-order valence-electron chi connectivity index (χ3n) is 2.23. The molecule has 2 aromatic carbocycles. The van der Waals surface area contributed by atoms with Crippen molar-refractivity contribution in [3.63, 3.8) is 0 Å². The Morgan fingerprint density at radius 3 is 2.47 bits per heavy atom. The Labute approximate surface area is 96.9 Å². The molecule has 0 spiro atoms. The summed E-state index contributed by atoms with van der Waals surface area (Å²) in [4.78, 5) is 0. The highest BCUT2D eigenvalue weighted by molar-refractivity contribution is 9.10. The van der Waals surface area contributed by atoms with Crippen molar-refractivity contribution in [3.8, 4) is 11.1 Å². The Balaban J connectivity index is 2.59. The van der Waals surface area contributed by atoms with E-state index >= 15 is 0 Å². The summed E-state index contributed by atoms with van der Waals surface area (Å²) in [6.45, 7) is 2.00. The van der Waals surface area contributed by atoms with E-state index in [0.29, 0.717) is 5.56 Å². The molecule has 0 bridgehead atoms. The lowest BCUT2D eigenvalue weighted by atomic mass is 10.0. The molecule has 15 heavy (non-hydrogen) atoms. The van der Waals surface area contributed by atoms with Gasteiger partial charge in [-0.15, -0.1) is 0 Å². The fraction of sp³-hybridized carbons (Fsp3) is 0.0769. The SMILES string of the molecule is Cc1cc(Br)cc(-c2ccccc2F)c1. The van der Waals surface area contributed by atoms with Crippen LogP contribution in [0.3, 0.4) is 0 Å². The molecule has 76 valence electrons. The van der Waals surface area contributed by atoms with Crippen molar-refractivity contribution < 1.29 is 4.39 Å². The Morgan fingerprint density at radius 2 is 1.80 bits per heavy atom. The molecule has 0 saturated heterocycles. The normalized spacial score (nSPS) is 10.3. The lowest BCUT2D eigenvalue weighted by Crippen LogP contribution is -1.84. The Bertz CT molecular complexity index is 471. The lowest BCUT2D eigenvalue weighted by molar-refractivity contribution is 0.631. The van der Waals surface area contributed by atoms with Crippen LogP contribution in [-0.4, -0.2) is 0 Å². The van der Waals surface area contributed by atoms with Gasteiger partial charge in [0.05, 0.1) is 0 Å². The molecule has 0 aliphatic heterocycles. The van der Waals surface area contributed by atoms with Gasteiger partial charge in [-0.3, -0.25) is 0 Å². The van der Waals surface area contributed by atoms with Crippen LogP contribution in [0.25, 0.3) is 11.1 Å². The third-order valence-corrected chi connectivity index (χ3v) is 2.68. The molecule has 0 nitrogen and oxygen atoms in total. The minimum atomic E-state index is -0.185. The molecule has 0 aliphatic rings. The first-order chi connectivity index (χ1) is 7.16. The predicted octanol–water partition coefficient (Wildman–Crippen LogP) is 4.56. The van der Waals surface area contributed by atoms with Crippen LogP contribution in [0.5, 0.6) is 0 Å². The number of benzene rings is 2. The number of hydrogen-bond acceptors (Lipinski definition) is 0. The second-order valence-electron chi connectivity index (χ2n) is 3.50. The smallest absolute Gasteiger partial charge is 0.131 e. The van der Waals surface area contributed by atoms with Gasteiger partial charge in [0.2, 0.25) is 0 Å². The second kappa shape index (κ2) is 4.15. The van der Waals surface area contributed by atoms with Crippen molar-refractivity contribution >= 4 is 15.9 Å². The van der Waals surface area contributed by atoms with Gasteiger partial charge in [0.25, 0.3) is 0 Å². The van der Waals surface area contributed by atoms with Crippen molar-refractivity contribution in [1.82, 2.24) is 0 Å². The molecule has 0 amide bonds. The van der Waals surface area contributed by atoms with Crippen molar-refractivity contribution in [3.05, 3.63) is 58.3 Å². The van der Waals surface area contributed by atoms with Crippen LogP contribution < -0.4 is 0 Å². The molecule has 0 N–H and O–H groups in total. The van der Waals surface area contributed by atoms with E-state index in [-0.39, 0.29) is 5.82 Å². The molecule has 0 aliphatic carbocycles. The van der Waals surface area contributed by atoms with Gasteiger partial charge in [-0.2, -0.15) is 0 Å². The van der Waals surface area contributed by atoms with E-state index in [1.165, 1.54) is 6.07 Å². The highest BCUT2D eigenvalue weighted by Gasteiger charge is 2.04. The van der Waals surface area contributed by atoms with Crippen molar-refractivity contribution in [2.24, 2.45) is 0 Å². The van der Waals surface area contributed by atoms with Crippen molar-refractivity contribution in [2.75, 3.05) is 0 Å². The van der Waals surface area contributed by atoms with E-state index in [1.54, 1.807) is 12.1 Å². The maximum atomic E-state index is 13.5. The van der Waals surface area contributed by atoms with Gasteiger partial charge in [0.15, 0.2) is 0 Å². The molecule has 0 heterocycles. The van der Waals surface area contributed by atoms with Gasteiger partial charge in [0, 0.05) is 10.0 Å². The summed E-state index contributed by atoms with van der Waals surface area (Å²) in [6.07, 6.45) is 0. The molecule has 0 fully saturated rings. The maximum absolute atomic E-state index is 13.5. The van der Waals surface area contributed by atoms with Gasteiger partial charge >= 0.3 is 0 Å². The fourth-order valence-electron chi connectivity index (χ4n) is 1.59. The van der Waals surface area contributed by atoms with E-state index in [1.807, 2.05) is 31.2 Å². The predicted molar refractivity (Wildman–Crippen MR) is 64.3 cm³/mol.